The summed E-state index contributed by atoms with van der Waals surface area (Å²) in [4.78, 5) is 0. The van der Waals surface area contributed by atoms with E-state index in [1.165, 1.54) is 32.1 Å². The maximum Gasteiger partial charge on any atom is 0.0799 e. The Kier molecular flexibility index (Phi) is 2.14. The van der Waals surface area contributed by atoms with Crippen LogP contribution in [0.15, 0.2) is 0 Å². The van der Waals surface area contributed by atoms with E-state index in [1.807, 2.05) is 0 Å². The molecule has 0 aromatic heterocycles. The lowest BCUT2D eigenvalue weighted by Gasteiger charge is -2.40. The van der Waals surface area contributed by atoms with E-state index in [0.29, 0.717) is 5.06 Å². The molecule has 0 amide bonds. The van der Waals surface area contributed by atoms with Gasteiger partial charge in [0.1, 0.15) is 0 Å². The Balaban J connectivity index is 1.93. The molecule has 1 N–H and O–H groups in total. The summed E-state index contributed by atoms with van der Waals surface area (Å²) in [5.74, 6) is 1.70. The van der Waals surface area contributed by atoms with Gasteiger partial charge in [-0.05, 0) is 18.8 Å². The highest BCUT2D eigenvalue weighted by Gasteiger charge is 2.30. The molecule has 1 aliphatic carbocycles. The van der Waals surface area contributed by atoms with Gasteiger partial charge in [0.25, 0.3) is 0 Å². The molecular weight excluding hydrogens is 138 g/mol. The van der Waals surface area contributed by atoms with E-state index in [-0.39, 0.29) is 0 Å². The minimum atomic E-state index is 0.521. The van der Waals surface area contributed by atoms with E-state index in [2.05, 4.69) is 0 Å². The predicted molar refractivity (Wildman–Crippen MR) is 44.1 cm³/mol. The van der Waals surface area contributed by atoms with Crippen molar-refractivity contribution in [2.75, 3.05) is 13.1 Å². The maximum absolute atomic E-state index is 11.1. The lowest BCUT2D eigenvalue weighted by molar-refractivity contribution is -0.860. The molecule has 0 radical (unpaired) electrons. The Morgan fingerprint density at radius 3 is 2.55 bits per heavy atom. The van der Waals surface area contributed by atoms with Crippen LogP contribution in [0, 0.1) is 17.0 Å². The predicted octanol–water partition coefficient (Wildman–Crippen LogP) is 0.579. The zero-order valence-corrected chi connectivity index (χ0v) is 7.01. The summed E-state index contributed by atoms with van der Waals surface area (Å²) in [6, 6.07) is 0. The SMILES string of the molecule is [O-][NH+]1CCC2CCCCC2C1. The van der Waals surface area contributed by atoms with E-state index in [1.54, 1.807) is 0 Å². The largest absolute Gasteiger partial charge is 0.634 e. The summed E-state index contributed by atoms with van der Waals surface area (Å²) in [6.45, 7) is 1.78. The minimum absolute atomic E-state index is 0.521. The number of fused-ring (bicyclic) bond motifs is 1. The minimum Gasteiger partial charge on any atom is -0.634 e. The molecule has 0 aromatic carbocycles. The quantitative estimate of drug-likeness (QED) is 0.509. The van der Waals surface area contributed by atoms with Crippen LogP contribution in [0.4, 0.5) is 0 Å². The molecule has 11 heavy (non-hydrogen) atoms. The molecular formula is C9H17NO. The Hall–Kier alpha value is -0.0800. The van der Waals surface area contributed by atoms with Gasteiger partial charge in [-0.3, -0.25) is 0 Å². The first-order valence-electron chi connectivity index (χ1n) is 4.88. The molecule has 2 heteroatoms. The fraction of sp³-hybridized carbons (Fsp3) is 1.00. The number of piperidine rings is 1. The van der Waals surface area contributed by atoms with Crippen molar-refractivity contribution in [2.24, 2.45) is 11.8 Å². The molecule has 64 valence electrons. The molecule has 2 fully saturated rings. The molecule has 3 unspecified atom stereocenters. The first-order valence-corrected chi connectivity index (χ1v) is 4.88. The van der Waals surface area contributed by atoms with Crippen LogP contribution in [-0.4, -0.2) is 13.1 Å². The highest BCUT2D eigenvalue weighted by molar-refractivity contribution is 4.76. The van der Waals surface area contributed by atoms with Crippen molar-refractivity contribution < 1.29 is 5.06 Å². The summed E-state index contributed by atoms with van der Waals surface area (Å²) < 4.78 is 0. The summed E-state index contributed by atoms with van der Waals surface area (Å²) in [6.07, 6.45) is 6.71. The second-order valence-corrected chi connectivity index (χ2v) is 4.09. The number of quaternary nitrogens is 1. The average molecular weight is 155 g/mol. The van der Waals surface area contributed by atoms with Gasteiger partial charge in [-0.2, -0.15) is 0 Å². The number of hydrogen-bond donors (Lipinski definition) is 1. The Morgan fingerprint density at radius 1 is 1.00 bits per heavy atom. The number of hydroxylamine groups is 2. The highest BCUT2D eigenvalue weighted by Crippen LogP contribution is 2.32. The van der Waals surface area contributed by atoms with Gasteiger partial charge in [0.05, 0.1) is 13.1 Å². The normalized spacial score (nSPS) is 45.0. The Labute approximate surface area is 68.2 Å². The summed E-state index contributed by atoms with van der Waals surface area (Å²) in [5.41, 5.74) is 0. The molecule has 1 heterocycles. The fourth-order valence-electron chi connectivity index (χ4n) is 2.67. The van der Waals surface area contributed by atoms with Crippen molar-refractivity contribution in [2.45, 2.75) is 32.1 Å². The lowest BCUT2D eigenvalue weighted by Crippen LogP contribution is -3.09. The van der Waals surface area contributed by atoms with E-state index >= 15 is 0 Å². The molecule has 2 rings (SSSR count). The number of hydrogen-bond acceptors (Lipinski definition) is 1. The summed E-state index contributed by atoms with van der Waals surface area (Å²) in [5, 5.41) is 11.6. The molecule has 1 aliphatic heterocycles. The third-order valence-corrected chi connectivity index (χ3v) is 3.35. The topological polar surface area (TPSA) is 27.5 Å². The van der Waals surface area contributed by atoms with Crippen molar-refractivity contribution in [1.29, 1.82) is 0 Å². The molecule has 1 saturated carbocycles. The molecule has 2 nitrogen and oxygen atoms in total. The van der Waals surface area contributed by atoms with Crippen molar-refractivity contribution >= 4 is 0 Å². The third-order valence-electron chi connectivity index (χ3n) is 3.35. The summed E-state index contributed by atoms with van der Waals surface area (Å²) >= 11 is 0. The van der Waals surface area contributed by atoms with Gasteiger partial charge in [-0.1, -0.05) is 12.8 Å². The first kappa shape index (κ1) is 7.56. The third kappa shape index (κ3) is 1.57. The Bertz CT molecular complexity index is 138. The molecule has 0 aromatic rings. The van der Waals surface area contributed by atoms with Crippen LogP contribution in [0.1, 0.15) is 32.1 Å². The van der Waals surface area contributed by atoms with E-state index in [9.17, 15) is 5.21 Å². The molecule has 3 atom stereocenters. The zero-order chi connectivity index (χ0) is 7.68. The standard InChI is InChI=1S/C9H17NO/c11-10-6-5-8-3-1-2-4-9(8)7-10/h8-10H,1-7H2. The van der Waals surface area contributed by atoms with E-state index < -0.39 is 0 Å². The highest BCUT2D eigenvalue weighted by atomic mass is 16.5. The average Bonchev–Trinajstić information content (AvgIpc) is 2.04. The van der Waals surface area contributed by atoms with Crippen LogP contribution in [-0.2, 0) is 0 Å². The molecule has 0 spiro atoms. The number of nitrogens with one attached hydrogen (secondary N) is 1. The van der Waals surface area contributed by atoms with Gasteiger partial charge < -0.3 is 10.3 Å². The maximum atomic E-state index is 11.1. The second kappa shape index (κ2) is 3.11. The van der Waals surface area contributed by atoms with Crippen LogP contribution >= 0.6 is 0 Å². The van der Waals surface area contributed by atoms with Gasteiger partial charge in [-0.15, -0.1) is 0 Å². The first-order chi connectivity index (χ1) is 5.36. The summed E-state index contributed by atoms with van der Waals surface area (Å²) in [7, 11) is 0. The lowest BCUT2D eigenvalue weighted by atomic mass is 9.75. The van der Waals surface area contributed by atoms with Gasteiger partial charge in [-0.25, -0.2) is 0 Å². The van der Waals surface area contributed by atoms with Crippen LogP contribution in [0.3, 0.4) is 0 Å². The van der Waals surface area contributed by atoms with Gasteiger partial charge >= 0.3 is 0 Å². The van der Waals surface area contributed by atoms with Gasteiger partial charge in [0.2, 0.25) is 0 Å². The molecule has 0 bridgehead atoms. The van der Waals surface area contributed by atoms with Crippen molar-refractivity contribution in [3.05, 3.63) is 5.21 Å². The van der Waals surface area contributed by atoms with E-state index in [0.717, 1.165) is 24.9 Å². The number of rotatable bonds is 0. The van der Waals surface area contributed by atoms with Crippen molar-refractivity contribution in [3.63, 3.8) is 0 Å². The molecule has 2 aliphatic rings. The van der Waals surface area contributed by atoms with Crippen LogP contribution < -0.4 is 5.06 Å². The van der Waals surface area contributed by atoms with Crippen LogP contribution in [0.5, 0.6) is 0 Å². The zero-order valence-electron chi connectivity index (χ0n) is 7.01. The van der Waals surface area contributed by atoms with Crippen molar-refractivity contribution in [3.8, 4) is 0 Å². The van der Waals surface area contributed by atoms with E-state index in [4.69, 9.17) is 0 Å². The van der Waals surface area contributed by atoms with Crippen LogP contribution in [0.2, 0.25) is 0 Å². The van der Waals surface area contributed by atoms with Crippen molar-refractivity contribution in [1.82, 2.24) is 0 Å². The van der Waals surface area contributed by atoms with Crippen LogP contribution in [0.25, 0.3) is 0 Å². The Morgan fingerprint density at radius 2 is 1.73 bits per heavy atom. The van der Waals surface area contributed by atoms with Gasteiger partial charge in [0, 0.05) is 12.3 Å². The van der Waals surface area contributed by atoms with Gasteiger partial charge in [0.15, 0.2) is 0 Å². The monoisotopic (exact) mass is 155 g/mol. The fourth-order valence-corrected chi connectivity index (χ4v) is 2.67. The smallest absolute Gasteiger partial charge is 0.0799 e. The second-order valence-electron chi connectivity index (χ2n) is 4.09. The molecule has 1 saturated heterocycles.